The van der Waals surface area contributed by atoms with E-state index < -0.39 is 7.82 Å². The molecule has 0 saturated heterocycles. The van der Waals surface area contributed by atoms with E-state index >= 15 is 0 Å². The molecule has 3 aromatic rings. The van der Waals surface area contributed by atoms with Gasteiger partial charge in [0.1, 0.15) is 19.8 Å². The molecule has 32 heavy (non-hydrogen) atoms. The van der Waals surface area contributed by atoms with Crippen molar-refractivity contribution in [2.75, 3.05) is 28.4 Å². The van der Waals surface area contributed by atoms with Crippen molar-refractivity contribution >= 4 is 7.82 Å². The molecule has 13 heteroatoms. The molecule has 0 bridgehead atoms. The van der Waals surface area contributed by atoms with Gasteiger partial charge in [-0.3, -0.25) is 0 Å². The van der Waals surface area contributed by atoms with Crippen LogP contribution in [0.5, 0.6) is 28.7 Å². The van der Waals surface area contributed by atoms with Crippen molar-refractivity contribution < 1.29 is 101 Å². The van der Waals surface area contributed by atoms with Gasteiger partial charge in [-0.1, -0.05) is 5.16 Å². The minimum Gasteiger partial charge on any atom is -0.780 e. The van der Waals surface area contributed by atoms with Crippen molar-refractivity contribution in [1.82, 2.24) is 5.16 Å². The molecule has 0 spiro atoms. The second-order valence-electron chi connectivity index (χ2n) is 5.89. The van der Waals surface area contributed by atoms with E-state index in [0.29, 0.717) is 39.6 Å². The fraction of sp³-hybridized carbons (Fsp3) is 0.211. The zero-order valence-electron chi connectivity index (χ0n) is 18.5. The normalized spacial score (nSPS) is 10.4. The van der Waals surface area contributed by atoms with Gasteiger partial charge in [0.15, 0.2) is 23.0 Å². The molecule has 2 aromatic carbocycles. The first-order valence-electron chi connectivity index (χ1n) is 8.46. The van der Waals surface area contributed by atoms with E-state index in [0.717, 1.165) is 0 Å². The van der Waals surface area contributed by atoms with Gasteiger partial charge in [0.05, 0.1) is 28.4 Å². The first-order chi connectivity index (χ1) is 14.3. The number of hydrogen-bond acceptors (Lipinski definition) is 10. The van der Waals surface area contributed by atoms with Gasteiger partial charge in [-0.2, -0.15) is 0 Å². The third-order valence-electron chi connectivity index (χ3n) is 4.19. The van der Waals surface area contributed by atoms with Crippen molar-refractivity contribution in [2.24, 2.45) is 0 Å². The second-order valence-corrected chi connectivity index (χ2v) is 6.97. The maximum atomic E-state index is 11.1. The van der Waals surface area contributed by atoms with E-state index in [-0.39, 0.29) is 70.6 Å². The van der Waals surface area contributed by atoms with Crippen LogP contribution in [0.3, 0.4) is 0 Å². The van der Waals surface area contributed by atoms with Crippen molar-refractivity contribution in [2.45, 2.75) is 0 Å². The van der Waals surface area contributed by atoms with E-state index in [4.69, 9.17) is 23.5 Å². The summed E-state index contributed by atoms with van der Waals surface area (Å²) in [6.07, 6.45) is 1.41. The van der Waals surface area contributed by atoms with Crippen LogP contribution < -0.4 is 92.4 Å². The molecule has 0 aliphatic rings. The summed E-state index contributed by atoms with van der Waals surface area (Å²) >= 11 is 0. The second kappa shape index (κ2) is 12.3. The smallest absolute Gasteiger partial charge is 0.780 e. The minimum absolute atomic E-state index is 0. The predicted molar refractivity (Wildman–Crippen MR) is 102 cm³/mol. The number of aromatic nitrogens is 1. The largest absolute Gasteiger partial charge is 1.00 e. The van der Waals surface area contributed by atoms with Crippen LogP contribution in [0, 0.1) is 0 Å². The van der Waals surface area contributed by atoms with Gasteiger partial charge in [0, 0.05) is 11.1 Å². The molecule has 0 amide bonds. The molecule has 3 rings (SSSR count). The SMILES string of the molecule is COc1ccc(-c2nocc2-c2cc(OC)c(OC)c(OC)c2)cc1OP(=O)([O-])[O-].[Na+].[Na+]. The minimum atomic E-state index is -5.30. The molecule has 1 aromatic heterocycles. The Morgan fingerprint density at radius 1 is 0.812 bits per heavy atom. The fourth-order valence-corrected chi connectivity index (χ4v) is 3.29. The van der Waals surface area contributed by atoms with E-state index in [1.165, 1.54) is 46.8 Å². The van der Waals surface area contributed by atoms with Crippen molar-refractivity contribution in [3.63, 3.8) is 0 Å². The molecule has 0 aliphatic carbocycles. The molecule has 0 saturated carbocycles. The van der Waals surface area contributed by atoms with Gasteiger partial charge in [-0.15, -0.1) is 0 Å². The third kappa shape index (κ3) is 6.44. The van der Waals surface area contributed by atoms with Crippen LogP contribution in [-0.4, -0.2) is 33.6 Å². The number of rotatable bonds is 8. The number of nitrogens with zero attached hydrogens (tertiary/aromatic N) is 1. The Bertz CT molecular complexity index is 1080. The van der Waals surface area contributed by atoms with E-state index in [9.17, 15) is 14.4 Å². The van der Waals surface area contributed by atoms with Crippen LogP contribution in [0.25, 0.3) is 22.4 Å². The summed E-state index contributed by atoms with van der Waals surface area (Å²) in [6.45, 7) is 0. The van der Waals surface area contributed by atoms with Crippen molar-refractivity contribution in [3.05, 3.63) is 36.6 Å². The van der Waals surface area contributed by atoms with Crippen molar-refractivity contribution in [3.8, 4) is 51.1 Å². The number of benzene rings is 2. The van der Waals surface area contributed by atoms with Crippen LogP contribution in [0.4, 0.5) is 0 Å². The molecule has 0 fully saturated rings. The number of hydrogen-bond donors (Lipinski definition) is 0. The van der Waals surface area contributed by atoms with Crippen molar-refractivity contribution in [1.29, 1.82) is 0 Å². The zero-order valence-corrected chi connectivity index (χ0v) is 23.4. The number of methoxy groups -OCH3 is 4. The van der Waals surface area contributed by atoms with Crippen LogP contribution in [-0.2, 0) is 4.57 Å². The maximum absolute atomic E-state index is 11.1. The summed E-state index contributed by atoms with van der Waals surface area (Å²) in [4.78, 5) is 22.2. The van der Waals surface area contributed by atoms with Gasteiger partial charge in [-0.05, 0) is 35.9 Å². The standard InChI is InChI=1S/C19H20NO9P.2Na/c1-24-14-6-5-11(7-15(14)29-30(21,22)23)18-13(10-28-20-18)12-8-16(25-2)19(27-4)17(9-12)26-3;;/h5-10H,1-4H3,(H2,21,22,23);;/q;2*+1/p-2. The van der Waals surface area contributed by atoms with Crippen LogP contribution in [0.1, 0.15) is 0 Å². The zero-order chi connectivity index (χ0) is 21.9. The third-order valence-corrected chi connectivity index (χ3v) is 4.61. The average Bonchev–Trinajstić information content (AvgIpc) is 3.21. The Morgan fingerprint density at radius 2 is 1.38 bits per heavy atom. The topological polar surface area (TPSA) is 135 Å². The van der Waals surface area contributed by atoms with Crippen LogP contribution >= 0.6 is 7.82 Å². The van der Waals surface area contributed by atoms with E-state index in [1.54, 1.807) is 18.2 Å². The molecule has 0 unspecified atom stereocenters. The van der Waals surface area contributed by atoms with Gasteiger partial charge in [0.25, 0.3) is 0 Å². The van der Waals surface area contributed by atoms with Gasteiger partial charge in [-0.25, -0.2) is 0 Å². The molecular formula is C19H18NNa2O9P. The number of phosphoric acid groups is 1. The Labute approximate surface area is 229 Å². The van der Waals surface area contributed by atoms with E-state index in [1.807, 2.05) is 0 Å². The summed E-state index contributed by atoms with van der Waals surface area (Å²) < 4.78 is 41.9. The summed E-state index contributed by atoms with van der Waals surface area (Å²) in [5, 5.41) is 4.00. The van der Waals surface area contributed by atoms with Crippen LogP contribution in [0.15, 0.2) is 41.1 Å². The maximum Gasteiger partial charge on any atom is 1.00 e. The van der Waals surface area contributed by atoms with Gasteiger partial charge in [0.2, 0.25) is 5.75 Å². The monoisotopic (exact) mass is 481 g/mol. The van der Waals surface area contributed by atoms with Gasteiger partial charge >= 0.3 is 59.1 Å². The quantitative estimate of drug-likeness (QED) is 0.233. The number of phosphoric ester groups is 1. The Hall–Kier alpha value is -1.20. The molecule has 0 radical (unpaired) electrons. The molecule has 0 N–H and O–H groups in total. The molecule has 10 nitrogen and oxygen atoms in total. The predicted octanol–water partition coefficient (Wildman–Crippen LogP) is -3.74. The van der Waals surface area contributed by atoms with Crippen LogP contribution in [0.2, 0.25) is 0 Å². The fourth-order valence-electron chi connectivity index (χ4n) is 2.90. The Morgan fingerprint density at radius 3 is 1.88 bits per heavy atom. The van der Waals surface area contributed by atoms with E-state index in [2.05, 4.69) is 9.68 Å². The Kier molecular flexibility index (Phi) is 11.1. The first kappa shape index (κ1) is 28.8. The molecule has 0 atom stereocenters. The molecular weight excluding hydrogens is 463 g/mol. The molecule has 1 heterocycles. The molecule has 160 valence electrons. The molecule has 0 aliphatic heterocycles. The van der Waals surface area contributed by atoms with Gasteiger partial charge < -0.3 is 42.3 Å². The summed E-state index contributed by atoms with van der Waals surface area (Å²) in [5.74, 6) is 1.09. The number of ether oxygens (including phenoxy) is 4. The summed E-state index contributed by atoms with van der Waals surface area (Å²) in [5.41, 5.74) is 1.98. The summed E-state index contributed by atoms with van der Waals surface area (Å²) in [7, 11) is 0.504. The first-order valence-corrected chi connectivity index (χ1v) is 9.92. The average molecular weight is 481 g/mol. The Balaban J connectivity index is 0.00000256. The summed E-state index contributed by atoms with van der Waals surface area (Å²) in [6, 6.07) is 7.81.